The molecular weight excluding hydrogens is 298 g/mol. The van der Waals surface area contributed by atoms with E-state index in [1.807, 2.05) is 41.2 Å². The van der Waals surface area contributed by atoms with Crippen LogP contribution in [0.4, 0.5) is 0 Å². The molecular formula is C20H17N3O. The smallest absolute Gasteiger partial charge is 0.119 e. The van der Waals surface area contributed by atoms with Gasteiger partial charge in [0.05, 0.1) is 19.9 Å². The number of ether oxygens (including phenoxy) is 1. The van der Waals surface area contributed by atoms with Gasteiger partial charge in [-0.1, -0.05) is 53.7 Å². The van der Waals surface area contributed by atoms with Gasteiger partial charge in [0.15, 0.2) is 0 Å². The molecule has 1 heterocycles. The molecule has 0 spiro atoms. The molecule has 4 aromatic rings. The van der Waals surface area contributed by atoms with Gasteiger partial charge in [-0.25, -0.2) is 4.68 Å². The van der Waals surface area contributed by atoms with Crippen molar-refractivity contribution in [3.8, 4) is 17.0 Å². The minimum Gasteiger partial charge on any atom is -0.497 e. The Morgan fingerprint density at radius 2 is 1.79 bits per heavy atom. The second kappa shape index (κ2) is 6.16. The lowest BCUT2D eigenvalue weighted by atomic mass is 10.1. The number of methoxy groups -OCH3 is 1. The van der Waals surface area contributed by atoms with Crippen LogP contribution >= 0.6 is 0 Å². The lowest BCUT2D eigenvalue weighted by Gasteiger charge is -2.04. The standard InChI is InChI=1S/C20H17N3O/c1-24-19-8-4-5-15(11-19)13-23-14-20(21-22-23)18-10-9-16-6-2-3-7-17(16)12-18/h2-12,14H,13H2,1H3. The van der Waals surface area contributed by atoms with E-state index < -0.39 is 0 Å². The molecule has 0 fully saturated rings. The van der Waals surface area contributed by atoms with Crippen LogP contribution in [-0.2, 0) is 6.54 Å². The summed E-state index contributed by atoms with van der Waals surface area (Å²) in [5.41, 5.74) is 3.08. The number of hydrogen-bond donors (Lipinski definition) is 0. The molecule has 0 aliphatic carbocycles. The average molecular weight is 315 g/mol. The van der Waals surface area contributed by atoms with Crippen LogP contribution in [0, 0.1) is 0 Å². The van der Waals surface area contributed by atoms with Crippen molar-refractivity contribution in [2.24, 2.45) is 0 Å². The maximum atomic E-state index is 5.26. The third kappa shape index (κ3) is 2.86. The molecule has 4 rings (SSSR count). The first-order valence-electron chi connectivity index (χ1n) is 7.84. The van der Waals surface area contributed by atoms with Gasteiger partial charge in [-0.3, -0.25) is 0 Å². The van der Waals surface area contributed by atoms with Crippen LogP contribution in [0.25, 0.3) is 22.0 Å². The minimum atomic E-state index is 0.664. The minimum absolute atomic E-state index is 0.664. The van der Waals surface area contributed by atoms with E-state index in [0.29, 0.717) is 6.54 Å². The highest BCUT2D eigenvalue weighted by Gasteiger charge is 2.06. The molecule has 0 saturated carbocycles. The summed E-state index contributed by atoms with van der Waals surface area (Å²) in [4.78, 5) is 0. The second-order valence-electron chi connectivity index (χ2n) is 5.71. The van der Waals surface area contributed by atoms with Crippen molar-refractivity contribution in [1.82, 2.24) is 15.0 Å². The van der Waals surface area contributed by atoms with E-state index >= 15 is 0 Å². The van der Waals surface area contributed by atoms with Crippen molar-refractivity contribution in [2.75, 3.05) is 7.11 Å². The molecule has 0 saturated heterocycles. The highest BCUT2D eigenvalue weighted by atomic mass is 16.5. The van der Waals surface area contributed by atoms with Gasteiger partial charge in [0.1, 0.15) is 11.4 Å². The first-order valence-corrected chi connectivity index (χ1v) is 7.84. The Morgan fingerprint density at radius 3 is 2.67 bits per heavy atom. The maximum absolute atomic E-state index is 5.26. The zero-order valence-electron chi connectivity index (χ0n) is 13.4. The van der Waals surface area contributed by atoms with Gasteiger partial charge in [0.25, 0.3) is 0 Å². The third-order valence-electron chi connectivity index (χ3n) is 4.06. The lowest BCUT2D eigenvalue weighted by molar-refractivity contribution is 0.414. The number of aromatic nitrogens is 3. The fourth-order valence-corrected chi connectivity index (χ4v) is 2.81. The number of benzene rings is 3. The van der Waals surface area contributed by atoms with E-state index in [2.05, 4.69) is 46.7 Å². The monoisotopic (exact) mass is 315 g/mol. The zero-order valence-corrected chi connectivity index (χ0v) is 13.4. The van der Waals surface area contributed by atoms with Crippen LogP contribution in [0.3, 0.4) is 0 Å². The molecule has 118 valence electrons. The largest absolute Gasteiger partial charge is 0.497 e. The predicted molar refractivity (Wildman–Crippen MR) is 95.1 cm³/mol. The van der Waals surface area contributed by atoms with Crippen LogP contribution in [0.5, 0.6) is 5.75 Å². The van der Waals surface area contributed by atoms with Crippen molar-refractivity contribution >= 4 is 10.8 Å². The molecule has 4 nitrogen and oxygen atoms in total. The fourth-order valence-electron chi connectivity index (χ4n) is 2.81. The summed E-state index contributed by atoms with van der Waals surface area (Å²) in [6.45, 7) is 0.664. The van der Waals surface area contributed by atoms with Crippen LogP contribution in [0.2, 0.25) is 0 Å². The summed E-state index contributed by atoms with van der Waals surface area (Å²) < 4.78 is 7.11. The van der Waals surface area contributed by atoms with E-state index in [4.69, 9.17) is 4.74 Å². The number of hydrogen-bond acceptors (Lipinski definition) is 3. The molecule has 0 radical (unpaired) electrons. The topological polar surface area (TPSA) is 39.9 Å². The quantitative estimate of drug-likeness (QED) is 0.568. The van der Waals surface area contributed by atoms with Gasteiger partial charge in [0, 0.05) is 5.56 Å². The molecule has 0 aliphatic rings. The molecule has 0 unspecified atom stereocenters. The molecule has 0 bridgehead atoms. The van der Waals surface area contributed by atoms with Gasteiger partial charge >= 0.3 is 0 Å². The molecule has 4 heteroatoms. The van der Waals surface area contributed by atoms with Gasteiger partial charge in [-0.15, -0.1) is 5.10 Å². The molecule has 0 N–H and O–H groups in total. The summed E-state index contributed by atoms with van der Waals surface area (Å²) in [6.07, 6.45) is 1.98. The average Bonchev–Trinajstić information content (AvgIpc) is 3.10. The Morgan fingerprint density at radius 1 is 0.917 bits per heavy atom. The van der Waals surface area contributed by atoms with Crippen molar-refractivity contribution in [3.63, 3.8) is 0 Å². The molecule has 0 atom stereocenters. The Hall–Kier alpha value is -3.14. The molecule has 24 heavy (non-hydrogen) atoms. The Bertz CT molecular complexity index is 991. The fraction of sp³-hybridized carbons (Fsp3) is 0.100. The van der Waals surface area contributed by atoms with Crippen LogP contribution in [-0.4, -0.2) is 22.1 Å². The first kappa shape index (κ1) is 14.5. The third-order valence-corrected chi connectivity index (χ3v) is 4.06. The van der Waals surface area contributed by atoms with E-state index in [9.17, 15) is 0 Å². The van der Waals surface area contributed by atoms with Gasteiger partial charge in [-0.2, -0.15) is 0 Å². The Kier molecular flexibility index (Phi) is 3.71. The summed E-state index contributed by atoms with van der Waals surface area (Å²) in [5, 5.41) is 11.0. The SMILES string of the molecule is COc1cccc(Cn2cc(-c3ccc4ccccc4c3)nn2)c1. The summed E-state index contributed by atoms with van der Waals surface area (Å²) in [7, 11) is 1.67. The summed E-state index contributed by atoms with van der Waals surface area (Å²) in [6, 6.07) is 22.7. The number of nitrogens with zero attached hydrogens (tertiary/aromatic N) is 3. The van der Waals surface area contributed by atoms with E-state index in [1.54, 1.807) is 7.11 Å². The second-order valence-corrected chi connectivity index (χ2v) is 5.71. The molecule has 0 aliphatic heterocycles. The van der Waals surface area contributed by atoms with Gasteiger partial charge < -0.3 is 4.74 Å². The van der Waals surface area contributed by atoms with E-state index in [0.717, 1.165) is 22.6 Å². The maximum Gasteiger partial charge on any atom is 0.119 e. The Balaban J connectivity index is 1.61. The Labute approximate surface area is 140 Å². The predicted octanol–water partition coefficient (Wildman–Crippen LogP) is 4.16. The zero-order chi connectivity index (χ0) is 16.4. The number of fused-ring (bicyclic) bond motifs is 1. The highest BCUT2D eigenvalue weighted by molar-refractivity contribution is 5.86. The van der Waals surface area contributed by atoms with Crippen molar-refractivity contribution in [1.29, 1.82) is 0 Å². The number of rotatable bonds is 4. The normalized spacial score (nSPS) is 10.9. The van der Waals surface area contributed by atoms with Crippen molar-refractivity contribution < 1.29 is 4.74 Å². The first-order chi connectivity index (χ1) is 11.8. The molecule has 3 aromatic carbocycles. The highest BCUT2D eigenvalue weighted by Crippen LogP contribution is 2.23. The van der Waals surface area contributed by atoms with E-state index in [1.165, 1.54) is 10.8 Å². The van der Waals surface area contributed by atoms with Crippen molar-refractivity contribution in [2.45, 2.75) is 6.54 Å². The van der Waals surface area contributed by atoms with Crippen LogP contribution in [0.15, 0.2) is 72.9 Å². The molecule has 1 aromatic heterocycles. The van der Waals surface area contributed by atoms with E-state index in [-0.39, 0.29) is 0 Å². The summed E-state index contributed by atoms with van der Waals surface area (Å²) >= 11 is 0. The lowest BCUT2D eigenvalue weighted by Crippen LogP contribution is -2.00. The van der Waals surface area contributed by atoms with Crippen LogP contribution in [0.1, 0.15) is 5.56 Å². The van der Waals surface area contributed by atoms with Gasteiger partial charge in [0.2, 0.25) is 0 Å². The molecule has 0 amide bonds. The summed E-state index contributed by atoms with van der Waals surface area (Å²) in [5.74, 6) is 0.849. The van der Waals surface area contributed by atoms with Gasteiger partial charge in [-0.05, 0) is 34.5 Å². The van der Waals surface area contributed by atoms with Crippen LogP contribution < -0.4 is 4.74 Å². The van der Waals surface area contributed by atoms with Crippen molar-refractivity contribution in [3.05, 3.63) is 78.5 Å².